The van der Waals surface area contributed by atoms with Crippen LogP contribution in [0, 0.1) is 12.3 Å². The molecule has 1 aromatic rings. The summed E-state index contributed by atoms with van der Waals surface area (Å²) in [5.74, 6) is 0. The van der Waals surface area contributed by atoms with Crippen LogP contribution in [0.1, 0.15) is 31.4 Å². The monoisotopic (exact) mass is 231 g/mol. The fourth-order valence-corrected chi connectivity index (χ4v) is 1.35. The molecule has 0 aliphatic heterocycles. The van der Waals surface area contributed by atoms with Gasteiger partial charge in [0.2, 0.25) is 0 Å². The average Bonchev–Trinajstić information content (AvgIpc) is 2.35. The molecule has 0 atom stereocenters. The zero-order valence-corrected chi connectivity index (χ0v) is 10.9. The summed E-state index contributed by atoms with van der Waals surface area (Å²) >= 11 is 0. The molecule has 0 amide bonds. The van der Waals surface area contributed by atoms with E-state index in [9.17, 15) is 4.79 Å². The Hall–Kier alpha value is -1.70. The van der Waals surface area contributed by atoms with Crippen molar-refractivity contribution in [2.75, 3.05) is 0 Å². The molecule has 0 aliphatic rings. The minimum absolute atomic E-state index is 0.417. The van der Waals surface area contributed by atoms with Crippen molar-refractivity contribution in [2.45, 2.75) is 33.6 Å². The maximum atomic E-state index is 9.75. The lowest BCUT2D eigenvalue weighted by Gasteiger charge is -2.01. The van der Waals surface area contributed by atoms with Crippen LogP contribution in [0.4, 0.5) is 0 Å². The number of benzene rings is 1. The number of aryl methyl sites for hydroxylation is 2. The molecule has 0 saturated carbocycles. The number of rotatable bonds is 4. The number of hydrogen-bond acceptors (Lipinski definition) is 2. The molecule has 1 rings (SSSR count). The molecule has 17 heavy (non-hydrogen) atoms. The zero-order valence-electron chi connectivity index (χ0n) is 10.9. The Balaban J connectivity index is 0.000000325. The molecule has 2 heteroatoms. The van der Waals surface area contributed by atoms with Crippen LogP contribution in [0.15, 0.2) is 35.9 Å². The van der Waals surface area contributed by atoms with Crippen molar-refractivity contribution in [3.63, 3.8) is 0 Å². The third-order valence-corrected chi connectivity index (χ3v) is 2.42. The van der Waals surface area contributed by atoms with Crippen molar-refractivity contribution in [1.82, 2.24) is 0 Å². The van der Waals surface area contributed by atoms with Gasteiger partial charge in [0, 0.05) is 11.8 Å². The molecule has 0 bridgehead atoms. The molecule has 2 nitrogen and oxygen atoms in total. The molecule has 1 N–H and O–H groups in total. The fourth-order valence-electron chi connectivity index (χ4n) is 1.35. The normalized spacial score (nSPS) is 10.2. The van der Waals surface area contributed by atoms with E-state index in [0.29, 0.717) is 11.9 Å². The van der Waals surface area contributed by atoms with Crippen LogP contribution < -0.4 is 0 Å². The minimum Gasteiger partial charge on any atom is -0.308 e. The number of carbonyl (C=O) groups is 1. The number of aldehydes is 1. The predicted molar refractivity (Wildman–Crippen MR) is 73.8 cm³/mol. The van der Waals surface area contributed by atoms with Crippen molar-refractivity contribution >= 4 is 12.5 Å². The van der Waals surface area contributed by atoms with Crippen LogP contribution in [0.25, 0.3) is 0 Å². The maximum Gasteiger partial charge on any atom is 0.151 e. The Labute approximate surface area is 104 Å². The summed E-state index contributed by atoms with van der Waals surface area (Å²) in [7, 11) is 0. The van der Waals surface area contributed by atoms with Crippen LogP contribution >= 0.6 is 0 Å². The van der Waals surface area contributed by atoms with Crippen molar-refractivity contribution in [1.29, 1.82) is 5.41 Å². The van der Waals surface area contributed by atoms with Crippen molar-refractivity contribution in [3.8, 4) is 0 Å². The maximum absolute atomic E-state index is 9.75. The number of allylic oxidation sites excluding steroid dienone is 2. The van der Waals surface area contributed by atoms with E-state index in [-0.39, 0.29) is 0 Å². The number of hydrogen-bond donors (Lipinski definition) is 1. The highest BCUT2D eigenvalue weighted by Crippen LogP contribution is 2.08. The van der Waals surface area contributed by atoms with E-state index >= 15 is 0 Å². The fraction of sp³-hybridized carbons (Fsp3) is 0.333. The van der Waals surface area contributed by atoms with Gasteiger partial charge in [-0.05, 0) is 31.4 Å². The Morgan fingerprint density at radius 1 is 1.35 bits per heavy atom. The second-order valence-corrected chi connectivity index (χ2v) is 3.73. The molecule has 0 aliphatic carbocycles. The second-order valence-electron chi connectivity index (χ2n) is 3.73. The van der Waals surface area contributed by atoms with E-state index in [2.05, 4.69) is 38.1 Å². The van der Waals surface area contributed by atoms with Gasteiger partial charge in [0.1, 0.15) is 0 Å². The highest BCUT2D eigenvalue weighted by Gasteiger charge is 1.92. The van der Waals surface area contributed by atoms with Crippen LogP contribution in [-0.4, -0.2) is 12.5 Å². The largest absolute Gasteiger partial charge is 0.308 e. The molecule has 0 unspecified atom stereocenters. The summed E-state index contributed by atoms with van der Waals surface area (Å²) in [6.07, 6.45) is 5.71. The lowest BCUT2D eigenvalue weighted by molar-refractivity contribution is -0.104. The van der Waals surface area contributed by atoms with Gasteiger partial charge in [-0.25, -0.2) is 0 Å². The van der Waals surface area contributed by atoms with Crippen LogP contribution in [0.3, 0.4) is 0 Å². The molecule has 0 aromatic heterocycles. The number of carbonyl (C=O) groups excluding carboxylic acids is 1. The first kappa shape index (κ1) is 15.3. The summed E-state index contributed by atoms with van der Waals surface area (Å²) in [5.41, 5.74) is 3.33. The van der Waals surface area contributed by atoms with Crippen LogP contribution in [-0.2, 0) is 11.2 Å². The Morgan fingerprint density at radius 2 is 2.00 bits per heavy atom. The molecule has 92 valence electrons. The van der Waals surface area contributed by atoms with Gasteiger partial charge >= 0.3 is 0 Å². The summed E-state index contributed by atoms with van der Waals surface area (Å²) in [6, 6.07) is 8.58. The first-order valence-corrected chi connectivity index (χ1v) is 5.86. The SMILES string of the molecule is C/C=C(\C=N)C=O.CCCc1ccccc1C. The molecule has 0 spiro atoms. The predicted octanol–water partition coefficient (Wildman–Crippen LogP) is 3.73. The van der Waals surface area contributed by atoms with Gasteiger partial charge in [-0.1, -0.05) is 43.7 Å². The van der Waals surface area contributed by atoms with Gasteiger partial charge in [-0.2, -0.15) is 0 Å². The van der Waals surface area contributed by atoms with Gasteiger partial charge in [0.25, 0.3) is 0 Å². The molecular weight excluding hydrogens is 210 g/mol. The Kier molecular flexibility index (Phi) is 8.57. The second kappa shape index (κ2) is 9.52. The van der Waals surface area contributed by atoms with E-state index in [0.717, 1.165) is 6.21 Å². The third kappa shape index (κ3) is 6.46. The minimum atomic E-state index is 0.417. The van der Waals surface area contributed by atoms with Crippen molar-refractivity contribution < 1.29 is 4.79 Å². The van der Waals surface area contributed by atoms with Crippen molar-refractivity contribution in [3.05, 3.63) is 47.0 Å². The first-order chi connectivity index (χ1) is 8.19. The molecule has 0 radical (unpaired) electrons. The average molecular weight is 231 g/mol. The third-order valence-electron chi connectivity index (χ3n) is 2.42. The highest BCUT2D eigenvalue weighted by molar-refractivity contribution is 6.00. The molecule has 0 fully saturated rings. The van der Waals surface area contributed by atoms with E-state index in [1.165, 1.54) is 24.0 Å². The van der Waals surface area contributed by atoms with Gasteiger partial charge < -0.3 is 5.41 Å². The van der Waals surface area contributed by atoms with Gasteiger partial charge in [0.15, 0.2) is 6.29 Å². The van der Waals surface area contributed by atoms with E-state index in [4.69, 9.17) is 5.41 Å². The van der Waals surface area contributed by atoms with E-state index in [1.807, 2.05) is 0 Å². The lowest BCUT2D eigenvalue weighted by Crippen LogP contribution is -1.85. The van der Waals surface area contributed by atoms with Crippen LogP contribution in [0.2, 0.25) is 0 Å². The molecule has 0 heterocycles. The summed E-state index contributed by atoms with van der Waals surface area (Å²) in [4.78, 5) is 9.75. The Morgan fingerprint density at radius 3 is 2.35 bits per heavy atom. The van der Waals surface area contributed by atoms with Gasteiger partial charge in [-0.15, -0.1) is 0 Å². The molecule has 0 saturated heterocycles. The molecular formula is C15H21NO. The van der Waals surface area contributed by atoms with E-state index < -0.39 is 0 Å². The van der Waals surface area contributed by atoms with Crippen LogP contribution in [0.5, 0.6) is 0 Å². The van der Waals surface area contributed by atoms with Gasteiger partial charge in [-0.3, -0.25) is 4.79 Å². The topological polar surface area (TPSA) is 40.9 Å². The molecule has 1 aromatic carbocycles. The van der Waals surface area contributed by atoms with Crippen molar-refractivity contribution in [2.24, 2.45) is 0 Å². The standard InChI is InChI=1S/C10H14.C5H7NO/c1-3-6-10-8-5-4-7-9(10)2;1-2-5(3-6)4-7/h4-5,7-8H,3,6H2,1-2H3;2-4,6H,1H3/b;5-2+,6-3?. The number of nitrogens with one attached hydrogen (secondary N) is 1. The summed E-state index contributed by atoms with van der Waals surface area (Å²) in [5, 5.41) is 6.54. The smallest absolute Gasteiger partial charge is 0.151 e. The zero-order chi connectivity index (χ0) is 13.1. The van der Waals surface area contributed by atoms with Gasteiger partial charge in [0.05, 0.1) is 0 Å². The first-order valence-electron chi connectivity index (χ1n) is 5.86. The lowest BCUT2D eigenvalue weighted by atomic mass is 10.1. The van der Waals surface area contributed by atoms with E-state index in [1.54, 1.807) is 13.0 Å². The quantitative estimate of drug-likeness (QED) is 0.479. The highest BCUT2D eigenvalue weighted by atomic mass is 16.1. The Bertz CT molecular complexity index is 370. The summed E-state index contributed by atoms with van der Waals surface area (Å²) in [6.45, 7) is 6.10. The summed E-state index contributed by atoms with van der Waals surface area (Å²) < 4.78 is 0.